The number of benzene rings is 4. The summed E-state index contributed by atoms with van der Waals surface area (Å²) in [5.41, 5.74) is 2.75. The van der Waals surface area contributed by atoms with Crippen LogP contribution in [0, 0.1) is 11.7 Å². The SMILES string of the molecule is O=C(c1ccc2c(c1)N(Cc1ccccc1F)C(=O)c1ccccc1[S@]2=O)N1CCC(Cc2ccccc2)CC1. The van der Waals surface area contributed by atoms with E-state index in [2.05, 4.69) is 24.3 Å². The number of hydrogen-bond acceptors (Lipinski definition) is 3. The summed E-state index contributed by atoms with van der Waals surface area (Å²) in [5, 5.41) is 0. The molecular weight excluding hydrogens is 523 g/mol. The zero-order chi connectivity index (χ0) is 27.6. The lowest BCUT2D eigenvalue weighted by Crippen LogP contribution is -2.39. The lowest BCUT2D eigenvalue weighted by Gasteiger charge is -2.32. The van der Waals surface area contributed by atoms with Crippen LogP contribution in [0.3, 0.4) is 0 Å². The lowest BCUT2D eigenvalue weighted by atomic mass is 9.90. The van der Waals surface area contributed by atoms with Crippen LogP contribution in [-0.4, -0.2) is 34.0 Å². The molecule has 0 spiro atoms. The average Bonchev–Trinajstić information content (AvgIpc) is 3.08. The predicted octanol–water partition coefficient (Wildman–Crippen LogP) is 6.25. The first-order valence-corrected chi connectivity index (χ1v) is 14.7. The van der Waals surface area contributed by atoms with E-state index in [9.17, 15) is 18.2 Å². The minimum absolute atomic E-state index is 0.0490. The van der Waals surface area contributed by atoms with Gasteiger partial charge < -0.3 is 9.80 Å². The maximum Gasteiger partial charge on any atom is 0.259 e. The third-order valence-corrected chi connectivity index (χ3v) is 9.31. The highest BCUT2D eigenvalue weighted by atomic mass is 32.2. The quantitative estimate of drug-likeness (QED) is 0.294. The maximum atomic E-state index is 14.7. The molecule has 0 unspecified atom stereocenters. The van der Waals surface area contributed by atoms with Gasteiger partial charge in [0.15, 0.2) is 0 Å². The van der Waals surface area contributed by atoms with Crippen LogP contribution in [0.4, 0.5) is 10.1 Å². The zero-order valence-electron chi connectivity index (χ0n) is 22.0. The van der Waals surface area contributed by atoms with E-state index in [0.717, 1.165) is 19.3 Å². The molecule has 2 aliphatic heterocycles. The molecule has 202 valence electrons. The molecule has 1 saturated heterocycles. The predicted molar refractivity (Wildman–Crippen MR) is 153 cm³/mol. The normalized spacial score (nSPS) is 17.2. The molecule has 4 aromatic rings. The second-order valence-corrected chi connectivity index (χ2v) is 11.8. The van der Waals surface area contributed by atoms with Gasteiger partial charge in [-0.05, 0) is 67.1 Å². The van der Waals surface area contributed by atoms with E-state index in [1.807, 2.05) is 11.0 Å². The van der Waals surface area contributed by atoms with Crippen molar-refractivity contribution in [1.82, 2.24) is 4.90 Å². The van der Waals surface area contributed by atoms with E-state index < -0.39 is 16.6 Å². The fourth-order valence-corrected chi connectivity index (χ4v) is 6.97. The minimum Gasteiger partial charge on any atom is -0.339 e. The van der Waals surface area contributed by atoms with E-state index in [1.54, 1.807) is 60.7 Å². The Morgan fingerprint density at radius 1 is 0.850 bits per heavy atom. The van der Waals surface area contributed by atoms with Gasteiger partial charge in [0.25, 0.3) is 11.8 Å². The summed E-state index contributed by atoms with van der Waals surface area (Å²) in [5.74, 6) is -0.404. The van der Waals surface area contributed by atoms with Gasteiger partial charge in [-0.15, -0.1) is 0 Å². The van der Waals surface area contributed by atoms with Gasteiger partial charge in [0.1, 0.15) is 5.82 Å². The van der Waals surface area contributed by atoms with Crippen LogP contribution in [-0.2, 0) is 23.8 Å². The molecule has 2 aliphatic rings. The highest BCUT2D eigenvalue weighted by Gasteiger charge is 2.33. The molecule has 1 fully saturated rings. The smallest absolute Gasteiger partial charge is 0.259 e. The number of carbonyl (C=O) groups is 2. The molecular formula is C33H29FN2O3S. The van der Waals surface area contributed by atoms with Crippen molar-refractivity contribution in [2.24, 2.45) is 5.92 Å². The highest BCUT2D eigenvalue weighted by molar-refractivity contribution is 7.85. The Morgan fingerprint density at radius 2 is 1.55 bits per heavy atom. The molecule has 0 saturated carbocycles. The van der Waals surface area contributed by atoms with Crippen molar-refractivity contribution in [2.75, 3.05) is 18.0 Å². The standard InChI is InChI=1S/C33H29FN2O3S/c34-28-12-6-4-10-26(28)22-36-29-21-25(14-15-31(29)40(39)30-13-7-5-11-27(30)33(36)38)32(37)35-18-16-24(17-19-35)20-23-8-2-1-3-9-23/h1-15,21,24H,16-20,22H2/t40-/m1/s1. The Morgan fingerprint density at radius 3 is 2.33 bits per heavy atom. The summed E-state index contributed by atoms with van der Waals surface area (Å²) in [6, 6.07) is 28.5. The molecule has 1 atom stereocenters. The number of piperidine rings is 1. The molecule has 0 aromatic heterocycles. The van der Waals surface area contributed by atoms with Gasteiger partial charge in [-0.3, -0.25) is 9.59 Å². The fourth-order valence-electron chi connectivity index (χ4n) is 5.62. The minimum atomic E-state index is -1.64. The highest BCUT2D eigenvalue weighted by Crippen LogP contribution is 2.37. The number of rotatable bonds is 5. The molecule has 5 nitrogen and oxygen atoms in total. The molecule has 0 bridgehead atoms. The van der Waals surface area contributed by atoms with E-state index >= 15 is 0 Å². The molecule has 0 radical (unpaired) electrons. The number of anilines is 1. The number of nitrogens with zero attached hydrogens (tertiary/aromatic N) is 2. The van der Waals surface area contributed by atoms with Crippen LogP contribution in [0.1, 0.15) is 44.7 Å². The summed E-state index contributed by atoms with van der Waals surface area (Å²) >= 11 is 0. The van der Waals surface area contributed by atoms with Crippen molar-refractivity contribution in [3.63, 3.8) is 0 Å². The van der Waals surface area contributed by atoms with E-state index in [0.29, 0.717) is 51.2 Å². The molecule has 2 amide bonds. The molecule has 0 aliphatic carbocycles. The summed E-state index contributed by atoms with van der Waals surface area (Å²) in [6.45, 7) is 1.26. The van der Waals surface area contributed by atoms with Crippen molar-refractivity contribution in [1.29, 1.82) is 0 Å². The number of likely N-dealkylation sites (tertiary alicyclic amines) is 1. The fraction of sp³-hybridized carbons (Fsp3) is 0.212. The summed E-state index contributed by atoms with van der Waals surface area (Å²) < 4.78 is 28.4. The van der Waals surface area contributed by atoms with Crippen molar-refractivity contribution >= 4 is 28.3 Å². The van der Waals surface area contributed by atoms with E-state index in [1.165, 1.54) is 16.5 Å². The Balaban J connectivity index is 1.30. The lowest BCUT2D eigenvalue weighted by molar-refractivity contribution is 0.0690. The number of fused-ring (bicyclic) bond motifs is 2. The first-order chi connectivity index (χ1) is 19.5. The number of hydrogen-bond donors (Lipinski definition) is 0. The van der Waals surface area contributed by atoms with Crippen molar-refractivity contribution in [2.45, 2.75) is 35.6 Å². The van der Waals surface area contributed by atoms with Crippen LogP contribution in [0.15, 0.2) is 107 Å². The molecule has 7 heteroatoms. The van der Waals surface area contributed by atoms with Gasteiger partial charge in [0.05, 0.1) is 38.4 Å². The largest absolute Gasteiger partial charge is 0.339 e. The van der Waals surface area contributed by atoms with Crippen molar-refractivity contribution < 1.29 is 18.2 Å². The van der Waals surface area contributed by atoms with Crippen LogP contribution in [0.5, 0.6) is 0 Å². The van der Waals surface area contributed by atoms with Crippen LogP contribution in [0.25, 0.3) is 0 Å². The third-order valence-electron chi connectivity index (χ3n) is 7.81. The molecule has 2 heterocycles. The Labute approximate surface area is 235 Å². The molecule has 0 N–H and O–H groups in total. The Kier molecular flexibility index (Phi) is 7.30. The van der Waals surface area contributed by atoms with Gasteiger partial charge in [-0.1, -0.05) is 60.7 Å². The molecule has 6 rings (SSSR count). The average molecular weight is 553 g/mol. The monoisotopic (exact) mass is 552 g/mol. The third kappa shape index (κ3) is 5.09. The van der Waals surface area contributed by atoms with Crippen LogP contribution < -0.4 is 4.90 Å². The van der Waals surface area contributed by atoms with Crippen LogP contribution >= 0.6 is 0 Å². The van der Waals surface area contributed by atoms with E-state index in [-0.39, 0.29) is 18.4 Å². The number of halogens is 1. The first kappa shape index (κ1) is 26.1. The summed E-state index contributed by atoms with van der Waals surface area (Å²) in [7, 11) is -1.64. The molecule has 4 aromatic carbocycles. The number of carbonyl (C=O) groups excluding carboxylic acids is 2. The number of amides is 2. The second-order valence-electron chi connectivity index (χ2n) is 10.4. The Hall–Kier alpha value is -4.10. The van der Waals surface area contributed by atoms with Gasteiger partial charge in [0.2, 0.25) is 0 Å². The van der Waals surface area contributed by atoms with Crippen molar-refractivity contribution in [3.05, 3.63) is 125 Å². The summed E-state index contributed by atoms with van der Waals surface area (Å²) in [4.78, 5) is 31.6. The van der Waals surface area contributed by atoms with Gasteiger partial charge in [-0.2, -0.15) is 0 Å². The second kappa shape index (κ2) is 11.2. The zero-order valence-corrected chi connectivity index (χ0v) is 22.8. The van der Waals surface area contributed by atoms with Crippen LogP contribution in [0.2, 0.25) is 0 Å². The molecule has 40 heavy (non-hydrogen) atoms. The van der Waals surface area contributed by atoms with Gasteiger partial charge in [0, 0.05) is 24.2 Å². The Bertz CT molecular complexity index is 1600. The van der Waals surface area contributed by atoms with Crippen molar-refractivity contribution in [3.8, 4) is 0 Å². The maximum absolute atomic E-state index is 14.7. The van der Waals surface area contributed by atoms with Gasteiger partial charge in [-0.25, -0.2) is 8.60 Å². The van der Waals surface area contributed by atoms with Gasteiger partial charge >= 0.3 is 0 Å². The first-order valence-electron chi connectivity index (χ1n) is 13.5. The topological polar surface area (TPSA) is 57.7 Å². The summed E-state index contributed by atoms with van der Waals surface area (Å²) in [6.07, 6.45) is 2.84. The van der Waals surface area contributed by atoms with E-state index in [4.69, 9.17) is 0 Å².